The number of carbonyl (C=O) groups excluding carboxylic acids is 1. The number of morpholine rings is 1. The molecule has 11 heteroatoms. The maximum atomic E-state index is 13.3. The molecule has 0 atom stereocenters. The lowest BCUT2D eigenvalue weighted by atomic mass is 10.2. The van der Waals surface area contributed by atoms with E-state index in [2.05, 4.69) is 4.98 Å². The van der Waals surface area contributed by atoms with Gasteiger partial charge in [0, 0.05) is 13.6 Å². The number of hydrogen-bond acceptors (Lipinski definition) is 5. The van der Waals surface area contributed by atoms with Gasteiger partial charge in [-0.25, -0.2) is 9.38 Å². The highest BCUT2D eigenvalue weighted by molar-refractivity contribution is 6.42. The second kappa shape index (κ2) is 10.1. The van der Waals surface area contributed by atoms with E-state index < -0.39 is 17.2 Å². The van der Waals surface area contributed by atoms with Crippen LogP contribution in [0.2, 0.25) is 10.0 Å². The molecule has 0 unspecified atom stereocenters. The third-order valence-electron chi connectivity index (χ3n) is 6.54. The molecule has 0 spiro atoms. The van der Waals surface area contributed by atoms with Crippen LogP contribution in [0.15, 0.2) is 47.3 Å². The first-order valence-corrected chi connectivity index (χ1v) is 12.4. The fraction of sp³-hybridized carbons (Fsp3) is 0.320. The van der Waals surface area contributed by atoms with Gasteiger partial charge in [0.05, 0.1) is 47.4 Å². The van der Waals surface area contributed by atoms with Gasteiger partial charge in [-0.05, 0) is 29.8 Å². The number of imidazole rings is 1. The molecule has 1 aliphatic heterocycles. The fourth-order valence-corrected chi connectivity index (χ4v) is 4.92. The number of benzene rings is 2. The zero-order valence-electron chi connectivity index (χ0n) is 19.7. The summed E-state index contributed by atoms with van der Waals surface area (Å²) in [6, 6.07) is 12.5. The highest BCUT2D eigenvalue weighted by Crippen LogP contribution is 2.24. The number of para-hydroxylation sites is 2. The number of halogens is 2. The molecule has 1 aliphatic rings. The summed E-state index contributed by atoms with van der Waals surface area (Å²) in [7, 11) is 1.57. The van der Waals surface area contributed by atoms with E-state index in [1.807, 2.05) is 22.8 Å². The lowest BCUT2D eigenvalue weighted by Gasteiger charge is -2.24. The van der Waals surface area contributed by atoms with Gasteiger partial charge in [0.15, 0.2) is 5.69 Å². The Labute approximate surface area is 217 Å². The van der Waals surface area contributed by atoms with Crippen LogP contribution in [-0.4, -0.2) is 69.8 Å². The molecule has 2 aromatic carbocycles. The number of aromatic nitrogens is 3. The van der Waals surface area contributed by atoms with Crippen molar-refractivity contribution < 1.29 is 19.5 Å². The Hall–Kier alpha value is -3.11. The molecule has 1 amide bonds. The molecular formula is C25H26Cl2N5O4+. The average Bonchev–Trinajstić information content (AvgIpc) is 3.20. The normalized spacial score (nSPS) is 14.5. The number of nitrogens with zero attached hydrogens (tertiary/aromatic N) is 4. The van der Waals surface area contributed by atoms with Crippen LogP contribution in [0.1, 0.15) is 16.1 Å². The maximum Gasteiger partial charge on any atom is 0.302 e. The van der Waals surface area contributed by atoms with Crippen molar-refractivity contribution in [2.45, 2.75) is 13.1 Å². The van der Waals surface area contributed by atoms with Crippen molar-refractivity contribution in [2.24, 2.45) is 0 Å². The van der Waals surface area contributed by atoms with Crippen molar-refractivity contribution in [3.05, 3.63) is 74.1 Å². The van der Waals surface area contributed by atoms with E-state index in [0.717, 1.165) is 43.9 Å². The largest absolute Gasteiger partial charge is 0.501 e. The highest BCUT2D eigenvalue weighted by atomic mass is 35.5. The third-order valence-corrected chi connectivity index (χ3v) is 7.28. The molecule has 2 aromatic heterocycles. The second-order valence-electron chi connectivity index (χ2n) is 8.91. The number of carbonyl (C=O) groups is 1. The van der Waals surface area contributed by atoms with Crippen LogP contribution in [0.4, 0.5) is 0 Å². The average molecular weight is 531 g/mol. The molecule has 4 aromatic rings. The van der Waals surface area contributed by atoms with Crippen LogP contribution in [0.5, 0.6) is 5.75 Å². The molecule has 9 nitrogen and oxygen atoms in total. The zero-order chi connectivity index (χ0) is 25.4. The van der Waals surface area contributed by atoms with Crippen LogP contribution in [0.3, 0.4) is 0 Å². The first kappa shape index (κ1) is 24.6. The minimum absolute atomic E-state index is 0.194. The van der Waals surface area contributed by atoms with Crippen LogP contribution in [0, 0.1) is 0 Å². The molecular weight excluding hydrogens is 505 g/mol. The summed E-state index contributed by atoms with van der Waals surface area (Å²) in [6.45, 7) is 4.86. The minimum Gasteiger partial charge on any atom is -0.501 e. The van der Waals surface area contributed by atoms with Gasteiger partial charge in [-0.3, -0.25) is 9.59 Å². The van der Waals surface area contributed by atoms with E-state index in [1.54, 1.807) is 31.3 Å². The summed E-state index contributed by atoms with van der Waals surface area (Å²) >= 11 is 12.1. The van der Waals surface area contributed by atoms with Gasteiger partial charge in [-0.15, -0.1) is 0 Å². The Morgan fingerprint density at radius 1 is 1.14 bits per heavy atom. The number of hydrogen-bond donors (Lipinski definition) is 2. The van der Waals surface area contributed by atoms with Crippen molar-refractivity contribution >= 4 is 45.9 Å². The van der Waals surface area contributed by atoms with E-state index in [4.69, 9.17) is 27.9 Å². The fourth-order valence-electron chi connectivity index (χ4n) is 4.60. The Balaban J connectivity index is 1.53. The molecule has 36 heavy (non-hydrogen) atoms. The molecule has 0 radical (unpaired) electrons. The smallest absolute Gasteiger partial charge is 0.302 e. The SMILES string of the molecule is CN(Cc1ccc(Cl)c(Cl)c1)C(=O)c1nc2n(CC[NH+]3CCOCC3)c3ccccc3n2c(=O)c1O. The number of nitrogens with one attached hydrogen (secondary N) is 1. The Morgan fingerprint density at radius 3 is 2.58 bits per heavy atom. The molecule has 2 N–H and O–H groups in total. The summed E-state index contributed by atoms with van der Waals surface area (Å²) in [5, 5.41) is 11.5. The van der Waals surface area contributed by atoms with Crippen molar-refractivity contribution in [1.29, 1.82) is 0 Å². The van der Waals surface area contributed by atoms with Gasteiger partial charge >= 0.3 is 5.56 Å². The van der Waals surface area contributed by atoms with Crippen LogP contribution in [-0.2, 0) is 17.8 Å². The third kappa shape index (κ3) is 4.55. The summed E-state index contributed by atoms with van der Waals surface area (Å²) < 4.78 is 8.77. The molecule has 5 rings (SSSR count). The summed E-state index contributed by atoms with van der Waals surface area (Å²) in [4.78, 5) is 33.9. The molecule has 1 saturated heterocycles. The number of aromatic hydroxyl groups is 1. The van der Waals surface area contributed by atoms with Gasteiger partial charge in [0.2, 0.25) is 11.5 Å². The van der Waals surface area contributed by atoms with Crippen molar-refractivity contribution in [3.63, 3.8) is 0 Å². The van der Waals surface area contributed by atoms with Gasteiger partial charge in [-0.2, -0.15) is 0 Å². The van der Waals surface area contributed by atoms with Crippen LogP contribution in [0.25, 0.3) is 16.8 Å². The number of rotatable bonds is 6. The second-order valence-corrected chi connectivity index (χ2v) is 9.73. The molecule has 3 heterocycles. The van der Waals surface area contributed by atoms with Gasteiger partial charge in [0.25, 0.3) is 5.91 Å². The number of quaternary nitrogens is 1. The Bertz CT molecular complexity index is 1510. The Morgan fingerprint density at radius 2 is 1.86 bits per heavy atom. The monoisotopic (exact) mass is 530 g/mol. The summed E-state index contributed by atoms with van der Waals surface area (Å²) in [5.74, 6) is -0.938. The minimum atomic E-state index is -0.681. The van der Waals surface area contributed by atoms with Gasteiger partial charge in [0.1, 0.15) is 13.1 Å². The van der Waals surface area contributed by atoms with Gasteiger partial charge in [-0.1, -0.05) is 41.4 Å². The number of ether oxygens (including phenoxy) is 1. The predicted molar refractivity (Wildman–Crippen MR) is 137 cm³/mol. The van der Waals surface area contributed by atoms with Crippen molar-refractivity contribution in [2.75, 3.05) is 39.9 Å². The lowest BCUT2D eigenvalue weighted by Crippen LogP contribution is -3.14. The van der Waals surface area contributed by atoms with E-state index in [-0.39, 0.29) is 12.2 Å². The standard InChI is InChI=1S/C25H25Cl2N5O4/c1-29(15-16-6-7-17(26)18(27)14-16)23(34)21-22(33)24(35)32-20-5-3-2-4-19(20)31(25(32)28-21)9-8-30-10-12-36-13-11-30/h2-7,14,33H,8-13,15H2,1H3/p+1. The molecule has 0 saturated carbocycles. The van der Waals surface area contributed by atoms with E-state index in [0.29, 0.717) is 27.9 Å². The molecule has 0 bridgehead atoms. The number of amides is 1. The first-order chi connectivity index (χ1) is 17.3. The van der Waals surface area contributed by atoms with Gasteiger partial charge < -0.3 is 24.2 Å². The van der Waals surface area contributed by atoms with Crippen LogP contribution >= 0.6 is 23.2 Å². The maximum absolute atomic E-state index is 13.3. The van der Waals surface area contributed by atoms with Crippen molar-refractivity contribution in [3.8, 4) is 5.75 Å². The topological polar surface area (TPSA) is 93.5 Å². The first-order valence-electron chi connectivity index (χ1n) is 11.7. The van der Waals surface area contributed by atoms with Crippen molar-refractivity contribution in [1.82, 2.24) is 18.9 Å². The van der Waals surface area contributed by atoms with E-state index >= 15 is 0 Å². The quantitative estimate of drug-likeness (QED) is 0.396. The highest BCUT2D eigenvalue weighted by Gasteiger charge is 2.26. The van der Waals surface area contributed by atoms with E-state index in [1.165, 1.54) is 14.2 Å². The summed E-state index contributed by atoms with van der Waals surface area (Å²) in [6.07, 6.45) is 0. The summed E-state index contributed by atoms with van der Waals surface area (Å²) in [5.41, 5.74) is 1.22. The lowest BCUT2D eigenvalue weighted by molar-refractivity contribution is -0.908. The molecule has 1 fully saturated rings. The predicted octanol–water partition coefficient (Wildman–Crippen LogP) is 1.85. The Kier molecular flexibility index (Phi) is 6.90. The number of fused-ring (bicyclic) bond motifs is 3. The zero-order valence-corrected chi connectivity index (χ0v) is 21.2. The van der Waals surface area contributed by atoms with E-state index in [9.17, 15) is 14.7 Å². The molecule has 188 valence electrons. The molecule has 0 aliphatic carbocycles. The van der Waals surface area contributed by atoms with Crippen LogP contribution < -0.4 is 10.5 Å².